The maximum atomic E-state index is 4.28. The van der Waals surface area contributed by atoms with Gasteiger partial charge in [0.05, 0.1) is 0 Å². The summed E-state index contributed by atoms with van der Waals surface area (Å²) in [5.74, 6) is 1.87. The summed E-state index contributed by atoms with van der Waals surface area (Å²) >= 11 is 1.77. The zero-order valence-electron chi connectivity index (χ0n) is 9.26. The molecule has 0 amide bonds. The van der Waals surface area contributed by atoms with Crippen molar-refractivity contribution in [1.29, 1.82) is 0 Å². The first-order chi connectivity index (χ1) is 7.88. The Morgan fingerprint density at radius 2 is 1.75 bits per heavy atom. The maximum Gasteiger partial charge on any atom is 0.128 e. The van der Waals surface area contributed by atoms with Gasteiger partial charge in [-0.2, -0.15) is 0 Å². The van der Waals surface area contributed by atoms with Crippen molar-refractivity contribution in [1.82, 2.24) is 9.97 Å². The summed E-state index contributed by atoms with van der Waals surface area (Å²) in [7, 11) is 0. The second kappa shape index (κ2) is 5.66. The summed E-state index contributed by atoms with van der Waals surface area (Å²) in [5, 5.41) is 0. The van der Waals surface area contributed by atoms with Crippen LogP contribution in [0.1, 0.15) is 18.3 Å². The van der Waals surface area contributed by atoms with Gasteiger partial charge in [0.15, 0.2) is 0 Å². The molecule has 0 spiro atoms. The maximum absolute atomic E-state index is 4.28. The Balaban J connectivity index is 1.94. The lowest BCUT2D eigenvalue weighted by atomic mass is 10.2. The van der Waals surface area contributed by atoms with Crippen LogP contribution < -0.4 is 0 Å². The normalized spacial score (nSPS) is 10.3. The Morgan fingerprint density at radius 3 is 2.38 bits per heavy atom. The van der Waals surface area contributed by atoms with E-state index < -0.39 is 0 Å². The molecule has 1 heterocycles. The van der Waals surface area contributed by atoms with Crippen LogP contribution in [-0.2, 0) is 12.2 Å². The van der Waals surface area contributed by atoms with Gasteiger partial charge in [-0.1, -0.05) is 37.3 Å². The molecule has 82 valence electrons. The van der Waals surface area contributed by atoms with E-state index in [2.05, 4.69) is 41.2 Å². The summed E-state index contributed by atoms with van der Waals surface area (Å²) in [5.41, 5.74) is 1.33. The van der Waals surface area contributed by atoms with Gasteiger partial charge in [-0.15, -0.1) is 11.8 Å². The lowest BCUT2D eigenvalue weighted by molar-refractivity contribution is 0.916. The fourth-order valence-electron chi connectivity index (χ4n) is 1.34. The zero-order valence-corrected chi connectivity index (χ0v) is 10.1. The predicted molar refractivity (Wildman–Crippen MR) is 67.4 cm³/mol. The molecule has 0 N–H and O–H groups in total. The molecule has 16 heavy (non-hydrogen) atoms. The van der Waals surface area contributed by atoms with Crippen LogP contribution >= 0.6 is 11.8 Å². The van der Waals surface area contributed by atoms with Crippen LogP contribution in [0, 0.1) is 0 Å². The topological polar surface area (TPSA) is 25.8 Å². The largest absolute Gasteiger partial charge is 0.240 e. The number of thioether (sulfide) groups is 1. The van der Waals surface area contributed by atoms with Crippen molar-refractivity contribution in [3.8, 4) is 0 Å². The van der Waals surface area contributed by atoms with E-state index in [1.807, 2.05) is 18.5 Å². The first-order valence-corrected chi connectivity index (χ1v) is 6.34. The molecule has 2 aromatic rings. The van der Waals surface area contributed by atoms with Crippen molar-refractivity contribution in [2.45, 2.75) is 24.0 Å². The summed E-state index contributed by atoms with van der Waals surface area (Å²) in [6.45, 7) is 2.06. The highest BCUT2D eigenvalue weighted by molar-refractivity contribution is 7.98. The number of aryl methyl sites for hydroxylation is 1. The van der Waals surface area contributed by atoms with Crippen LogP contribution in [0.3, 0.4) is 0 Å². The van der Waals surface area contributed by atoms with E-state index in [4.69, 9.17) is 0 Å². The highest BCUT2D eigenvalue weighted by atomic mass is 32.2. The van der Waals surface area contributed by atoms with Crippen LogP contribution in [0.25, 0.3) is 0 Å². The van der Waals surface area contributed by atoms with Gasteiger partial charge >= 0.3 is 0 Å². The third kappa shape index (κ3) is 3.07. The van der Waals surface area contributed by atoms with Gasteiger partial charge in [-0.05, 0) is 5.56 Å². The second-order valence-corrected chi connectivity index (χ2v) is 4.51. The molecule has 3 heteroatoms. The van der Waals surface area contributed by atoms with Crippen LogP contribution in [-0.4, -0.2) is 9.97 Å². The fourth-order valence-corrected chi connectivity index (χ4v) is 2.12. The van der Waals surface area contributed by atoms with Gasteiger partial charge in [-0.25, -0.2) is 9.97 Å². The van der Waals surface area contributed by atoms with Gasteiger partial charge < -0.3 is 0 Å². The van der Waals surface area contributed by atoms with Crippen molar-refractivity contribution in [2.24, 2.45) is 0 Å². The Hall–Kier alpha value is -1.35. The van der Waals surface area contributed by atoms with Gasteiger partial charge in [0.1, 0.15) is 5.82 Å². The molecule has 0 aliphatic heterocycles. The molecule has 0 atom stereocenters. The lowest BCUT2D eigenvalue weighted by Crippen LogP contribution is -1.91. The number of nitrogens with zero attached hydrogens (tertiary/aromatic N) is 2. The lowest BCUT2D eigenvalue weighted by Gasteiger charge is -2.01. The highest BCUT2D eigenvalue weighted by Gasteiger charge is 1.97. The third-order valence-corrected chi connectivity index (χ3v) is 3.27. The number of rotatable bonds is 4. The molecule has 0 radical (unpaired) electrons. The van der Waals surface area contributed by atoms with Crippen LogP contribution in [0.4, 0.5) is 0 Å². The van der Waals surface area contributed by atoms with E-state index in [1.54, 1.807) is 11.8 Å². The SMILES string of the molecule is CCc1ncc(SCc2ccccc2)cn1. The minimum atomic E-state index is 0.892. The second-order valence-electron chi connectivity index (χ2n) is 3.46. The zero-order chi connectivity index (χ0) is 11.2. The summed E-state index contributed by atoms with van der Waals surface area (Å²) < 4.78 is 0. The molecule has 2 rings (SSSR count). The van der Waals surface area contributed by atoms with Gasteiger partial charge in [0.25, 0.3) is 0 Å². The van der Waals surface area contributed by atoms with Crippen molar-refractivity contribution in [3.05, 3.63) is 54.1 Å². The van der Waals surface area contributed by atoms with E-state index in [9.17, 15) is 0 Å². The predicted octanol–water partition coefficient (Wildman–Crippen LogP) is 3.33. The molecule has 0 fully saturated rings. The van der Waals surface area contributed by atoms with Crippen molar-refractivity contribution in [2.75, 3.05) is 0 Å². The fraction of sp³-hybridized carbons (Fsp3) is 0.231. The van der Waals surface area contributed by atoms with E-state index in [0.717, 1.165) is 22.9 Å². The summed E-state index contributed by atoms with van der Waals surface area (Å²) in [6, 6.07) is 10.4. The number of hydrogen-bond donors (Lipinski definition) is 0. The van der Waals surface area contributed by atoms with Crippen molar-refractivity contribution < 1.29 is 0 Å². The molecule has 0 aliphatic rings. The average molecular weight is 230 g/mol. The van der Waals surface area contributed by atoms with Crippen LogP contribution in [0.5, 0.6) is 0 Å². The van der Waals surface area contributed by atoms with Gasteiger partial charge in [0.2, 0.25) is 0 Å². The number of benzene rings is 1. The third-order valence-electron chi connectivity index (χ3n) is 2.25. The minimum Gasteiger partial charge on any atom is -0.240 e. The van der Waals surface area contributed by atoms with Gasteiger partial charge in [-0.3, -0.25) is 0 Å². The van der Waals surface area contributed by atoms with Crippen LogP contribution in [0.2, 0.25) is 0 Å². The molecule has 0 saturated heterocycles. The molecule has 2 nitrogen and oxygen atoms in total. The number of aromatic nitrogens is 2. The highest BCUT2D eigenvalue weighted by Crippen LogP contribution is 2.20. The summed E-state index contributed by atoms with van der Waals surface area (Å²) in [4.78, 5) is 9.68. The molecule has 0 aliphatic carbocycles. The molecule has 1 aromatic carbocycles. The Labute approximate surface area is 100 Å². The van der Waals surface area contributed by atoms with Crippen LogP contribution in [0.15, 0.2) is 47.6 Å². The average Bonchev–Trinajstić information content (AvgIpc) is 2.38. The van der Waals surface area contributed by atoms with Crippen molar-refractivity contribution >= 4 is 11.8 Å². The Bertz CT molecular complexity index is 425. The molecule has 0 saturated carbocycles. The molecule has 0 unspecified atom stereocenters. The molecular formula is C13H14N2S. The van der Waals surface area contributed by atoms with E-state index in [0.29, 0.717) is 0 Å². The monoisotopic (exact) mass is 230 g/mol. The number of hydrogen-bond acceptors (Lipinski definition) is 3. The first kappa shape index (κ1) is 11.1. The minimum absolute atomic E-state index is 0.892. The quantitative estimate of drug-likeness (QED) is 0.753. The Morgan fingerprint density at radius 1 is 1.06 bits per heavy atom. The molecular weight excluding hydrogens is 216 g/mol. The smallest absolute Gasteiger partial charge is 0.128 e. The van der Waals surface area contributed by atoms with Gasteiger partial charge in [0, 0.05) is 29.5 Å². The first-order valence-electron chi connectivity index (χ1n) is 5.36. The molecule has 1 aromatic heterocycles. The summed E-state index contributed by atoms with van der Waals surface area (Å²) in [6.07, 6.45) is 4.70. The van der Waals surface area contributed by atoms with E-state index >= 15 is 0 Å². The van der Waals surface area contributed by atoms with Crippen molar-refractivity contribution in [3.63, 3.8) is 0 Å². The van der Waals surface area contributed by atoms with E-state index in [-0.39, 0.29) is 0 Å². The molecule has 0 bridgehead atoms. The standard InChI is InChI=1S/C13H14N2S/c1-2-13-14-8-12(9-15-13)16-10-11-6-4-3-5-7-11/h3-9H,2,10H2,1H3. The Kier molecular flexibility index (Phi) is 3.94. The van der Waals surface area contributed by atoms with E-state index in [1.165, 1.54) is 5.56 Å².